The van der Waals surface area contributed by atoms with Crippen molar-refractivity contribution in [3.05, 3.63) is 92.1 Å². The van der Waals surface area contributed by atoms with Crippen LogP contribution in [-0.4, -0.2) is 33.6 Å². The Morgan fingerprint density at radius 3 is 2.16 bits per heavy atom. The number of hydrogen-bond donors (Lipinski definition) is 3. The molecule has 0 aliphatic heterocycles. The maximum absolute atomic E-state index is 12.0. The van der Waals surface area contributed by atoms with Gasteiger partial charge in [-0.2, -0.15) is 0 Å². The molecule has 0 radical (unpaired) electrons. The predicted molar refractivity (Wildman–Crippen MR) is 158 cm³/mol. The summed E-state index contributed by atoms with van der Waals surface area (Å²) in [7, 11) is 0. The first-order chi connectivity index (χ1) is 17.8. The second-order valence-corrected chi connectivity index (χ2v) is 10.7. The van der Waals surface area contributed by atoms with Crippen LogP contribution in [0.5, 0.6) is 0 Å². The zero-order chi connectivity index (χ0) is 29.0. The van der Waals surface area contributed by atoms with Gasteiger partial charge >= 0.3 is 5.63 Å². The molecule has 0 aromatic carbocycles. The fourth-order valence-electron chi connectivity index (χ4n) is 4.41. The largest absolute Gasteiger partial charge is 0.427 e. The summed E-state index contributed by atoms with van der Waals surface area (Å²) in [5, 5.41) is 31.5. The normalized spacial score (nSPS) is 18.3. The molecule has 1 heterocycles. The van der Waals surface area contributed by atoms with E-state index in [-0.39, 0.29) is 17.5 Å². The first-order valence-corrected chi connectivity index (χ1v) is 13.8. The van der Waals surface area contributed by atoms with Crippen LogP contribution in [0.2, 0.25) is 0 Å². The highest BCUT2D eigenvalue weighted by atomic mass is 16.4. The van der Waals surface area contributed by atoms with Crippen LogP contribution in [0.15, 0.2) is 79.6 Å². The molecule has 0 bridgehead atoms. The Hall–Kier alpha value is -2.47. The lowest BCUT2D eigenvalue weighted by Crippen LogP contribution is -2.29. The van der Waals surface area contributed by atoms with Gasteiger partial charge in [-0.1, -0.05) is 67.9 Å². The minimum absolute atomic E-state index is 0.233. The Balaban J connectivity index is 2.69. The van der Waals surface area contributed by atoms with E-state index < -0.39 is 18.3 Å². The fourth-order valence-corrected chi connectivity index (χ4v) is 4.41. The Kier molecular flexibility index (Phi) is 14.6. The van der Waals surface area contributed by atoms with Gasteiger partial charge in [-0.15, -0.1) is 0 Å². The summed E-state index contributed by atoms with van der Waals surface area (Å²) in [5.74, 6) is -0.0510. The number of rotatable bonds is 14. The fraction of sp³-hybridized carbons (Fsp3) is 0.545. The summed E-state index contributed by atoms with van der Waals surface area (Å²) < 4.78 is 5.42. The molecule has 38 heavy (non-hydrogen) atoms. The maximum Gasteiger partial charge on any atom is 0.339 e. The second kappa shape index (κ2) is 16.5. The van der Waals surface area contributed by atoms with Crippen LogP contribution >= 0.6 is 0 Å². The number of aliphatic hydroxyl groups excluding tert-OH is 3. The topological polar surface area (TPSA) is 90.9 Å². The van der Waals surface area contributed by atoms with Crippen molar-refractivity contribution in [1.29, 1.82) is 0 Å². The lowest BCUT2D eigenvalue weighted by Gasteiger charge is -2.24. The van der Waals surface area contributed by atoms with E-state index in [9.17, 15) is 20.1 Å². The Morgan fingerprint density at radius 1 is 0.921 bits per heavy atom. The van der Waals surface area contributed by atoms with Crippen LogP contribution in [0.25, 0.3) is 0 Å². The van der Waals surface area contributed by atoms with Gasteiger partial charge in [-0.3, -0.25) is 0 Å². The highest BCUT2D eigenvalue weighted by Gasteiger charge is 2.23. The van der Waals surface area contributed by atoms with E-state index in [0.717, 1.165) is 23.1 Å². The zero-order valence-electron chi connectivity index (χ0n) is 24.9. The van der Waals surface area contributed by atoms with E-state index in [1.165, 1.54) is 11.1 Å². The molecule has 0 saturated heterocycles. The van der Waals surface area contributed by atoms with Crippen molar-refractivity contribution < 1.29 is 19.7 Å². The summed E-state index contributed by atoms with van der Waals surface area (Å²) >= 11 is 0. The molecule has 1 aromatic rings. The molecule has 5 nitrogen and oxygen atoms in total. The maximum atomic E-state index is 12.0. The third-order valence-electron chi connectivity index (χ3n) is 7.34. The molecular formula is C33H50O5. The lowest BCUT2D eigenvalue weighted by molar-refractivity contribution is 0.0415. The average Bonchev–Trinajstić information content (AvgIpc) is 2.88. The molecule has 0 saturated carbocycles. The van der Waals surface area contributed by atoms with Crippen molar-refractivity contribution in [2.24, 2.45) is 5.92 Å². The van der Waals surface area contributed by atoms with Crippen molar-refractivity contribution in [3.8, 4) is 0 Å². The molecule has 0 aliphatic rings. The third-order valence-corrected chi connectivity index (χ3v) is 7.34. The first kappa shape index (κ1) is 33.6. The van der Waals surface area contributed by atoms with Crippen molar-refractivity contribution >= 4 is 0 Å². The highest BCUT2D eigenvalue weighted by molar-refractivity contribution is 5.25. The molecule has 3 N–H and O–H groups in total. The molecule has 0 amide bonds. The monoisotopic (exact) mass is 526 g/mol. The van der Waals surface area contributed by atoms with E-state index in [4.69, 9.17) is 4.42 Å². The Labute approximate surface area is 230 Å². The van der Waals surface area contributed by atoms with Crippen molar-refractivity contribution in [3.63, 3.8) is 0 Å². The number of allylic oxidation sites excluding steroid dienone is 7. The molecule has 0 spiro atoms. The van der Waals surface area contributed by atoms with Crippen LogP contribution in [-0.2, 0) is 6.42 Å². The van der Waals surface area contributed by atoms with E-state index in [1.807, 2.05) is 66.7 Å². The summed E-state index contributed by atoms with van der Waals surface area (Å²) in [4.78, 5) is 12.0. The summed E-state index contributed by atoms with van der Waals surface area (Å²) in [6, 6.07) is 3.56. The molecule has 0 fully saturated rings. The van der Waals surface area contributed by atoms with Gasteiger partial charge in [-0.25, -0.2) is 4.79 Å². The quantitative estimate of drug-likeness (QED) is 0.180. The van der Waals surface area contributed by atoms with Gasteiger partial charge in [0.1, 0.15) is 5.76 Å². The molecule has 212 valence electrons. The average molecular weight is 527 g/mol. The van der Waals surface area contributed by atoms with Crippen LogP contribution in [0.1, 0.15) is 98.8 Å². The van der Waals surface area contributed by atoms with Gasteiger partial charge in [-0.05, 0) is 90.5 Å². The smallest absolute Gasteiger partial charge is 0.339 e. The van der Waals surface area contributed by atoms with Gasteiger partial charge in [0.2, 0.25) is 0 Å². The standard InChI is InChI=1S/C33H50O5/c1-10-24(6)31(35)26(8)29(34)17-15-22(4)20-23(5)19-21(3)13-12-14-25(7)32(36)27(9)30-18-16-28(11-2)33(37)38-30/h10,13-16,18,20,26-27,29,31-32,34-36H,11-12,17,19H2,1-9H3. The van der Waals surface area contributed by atoms with Crippen LogP contribution < -0.4 is 5.63 Å². The molecule has 1 aromatic heterocycles. The molecular weight excluding hydrogens is 476 g/mol. The number of hydrogen-bond acceptors (Lipinski definition) is 5. The zero-order valence-corrected chi connectivity index (χ0v) is 24.9. The van der Waals surface area contributed by atoms with E-state index in [1.54, 1.807) is 12.1 Å². The van der Waals surface area contributed by atoms with Gasteiger partial charge in [0.05, 0.1) is 18.3 Å². The first-order valence-electron chi connectivity index (χ1n) is 13.8. The third kappa shape index (κ3) is 10.7. The summed E-state index contributed by atoms with van der Waals surface area (Å²) in [5.41, 5.74) is 5.57. The second-order valence-electron chi connectivity index (χ2n) is 10.7. The minimum atomic E-state index is -0.727. The predicted octanol–water partition coefficient (Wildman–Crippen LogP) is 6.95. The van der Waals surface area contributed by atoms with Crippen molar-refractivity contribution in [2.75, 3.05) is 0 Å². The van der Waals surface area contributed by atoms with E-state index in [0.29, 0.717) is 30.6 Å². The summed E-state index contributed by atoms with van der Waals surface area (Å²) in [6.07, 6.45) is 10.9. The van der Waals surface area contributed by atoms with Crippen molar-refractivity contribution in [2.45, 2.75) is 112 Å². The van der Waals surface area contributed by atoms with Crippen molar-refractivity contribution in [1.82, 2.24) is 0 Å². The van der Waals surface area contributed by atoms with E-state index >= 15 is 0 Å². The lowest BCUT2D eigenvalue weighted by atomic mass is 9.91. The van der Waals surface area contributed by atoms with Crippen LogP contribution in [0.3, 0.4) is 0 Å². The van der Waals surface area contributed by atoms with Gasteiger partial charge in [0, 0.05) is 17.4 Å². The van der Waals surface area contributed by atoms with Gasteiger partial charge < -0.3 is 19.7 Å². The Morgan fingerprint density at radius 2 is 1.58 bits per heavy atom. The Bertz CT molecular complexity index is 1100. The SMILES string of the molecule is CC=C(C)C(O)C(C)C(O)CC=C(C)C=C(C)CC(C)=CCC=C(C)C(O)C(C)c1ccc(CC)c(=O)o1. The van der Waals surface area contributed by atoms with Gasteiger partial charge in [0.25, 0.3) is 0 Å². The van der Waals surface area contributed by atoms with Crippen LogP contribution in [0.4, 0.5) is 0 Å². The molecule has 0 aliphatic carbocycles. The molecule has 5 atom stereocenters. The van der Waals surface area contributed by atoms with Gasteiger partial charge in [0.15, 0.2) is 0 Å². The molecule has 1 rings (SSSR count). The minimum Gasteiger partial charge on any atom is -0.427 e. The summed E-state index contributed by atoms with van der Waals surface area (Å²) in [6.45, 7) is 17.5. The number of aliphatic hydroxyl groups is 3. The van der Waals surface area contributed by atoms with Crippen LogP contribution in [0, 0.1) is 5.92 Å². The molecule has 5 unspecified atom stereocenters. The molecule has 5 heteroatoms. The number of aryl methyl sites for hydroxylation is 1. The highest BCUT2D eigenvalue weighted by Crippen LogP contribution is 2.24. The van der Waals surface area contributed by atoms with E-state index in [2.05, 4.69) is 26.0 Å².